The molecular weight excluding hydrogens is 332 g/mol. The summed E-state index contributed by atoms with van der Waals surface area (Å²) in [7, 11) is 0. The van der Waals surface area contributed by atoms with E-state index >= 15 is 0 Å². The van der Waals surface area contributed by atoms with E-state index in [0.29, 0.717) is 20.7 Å². The molecule has 1 aliphatic heterocycles. The van der Waals surface area contributed by atoms with Crippen molar-refractivity contribution in [2.24, 2.45) is 4.99 Å². The van der Waals surface area contributed by atoms with Crippen LogP contribution < -0.4 is 0 Å². The molecule has 1 aliphatic rings. The number of thioether (sulfide) groups is 2. The van der Waals surface area contributed by atoms with Gasteiger partial charge < -0.3 is 0 Å². The third kappa shape index (κ3) is 3.96. The zero-order valence-corrected chi connectivity index (χ0v) is 13.0. The molecule has 0 amide bonds. The average Bonchev–Trinajstić information content (AvgIpc) is 2.79. The molecule has 1 aromatic rings. The van der Waals surface area contributed by atoms with Crippen LogP contribution in [0.1, 0.15) is 5.56 Å². The van der Waals surface area contributed by atoms with Gasteiger partial charge in [0.2, 0.25) is 5.12 Å². The van der Waals surface area contributed by atoms with Gasteiger partial charge in [0.1, 0.15) is 10.1 Å². The van der Waals surface area contributed by atoms with Gasteiger partial charge in [-0.2, -0.15) is 0 Å². The van der Waals surface area contributed by atoms with Crippen LogP contribution in [0.15, 0.2) is 41.5 Å². The van der Waals surface area contributed by atoms with Crippen molar-refractivity contribution in [3.8, 4) is 0 Å². The van der Waals surface area contributed by atoms with Crippen LogP contribution >= 0.6 is 35.1 Å². The zero-order chi connectivity index (χ0) is 15.4. The fourth-order valence-electron chi connectivity index (χ4n) is 1.48. The van der Waals surface area contributed by atoms with Crippen molar-refractivity contribution in [1.29, 1.82) is 0 Å². The number of nitrogens with zero attached hydrogens (tertiary/aromatic N) is 2. The van der Waals surface area contributed by atoms with Crippen LogP contribution in [0.2, 0.25) is 5.02 Å². The number of rotatable bonds is 4. The number of carbonyl (C=O) groups is 1. The van der Waals surface area contributed by atoms with Crippen LogP contribution in [0.3, 0.4) is 0 Å². The monoisotopic (exact) mass is 340 g/mol. The summed E-state index contributed by atoms with van der Waals surface area (Å²) in [5.41, 5.74) is 0.539. The quantitative estimate of drug-likeness (QED) is 0.356. The zero-order valence-electron chi connectivity index (χ0n) is 10.6. The topological polar surface area (TPSA) is 72.6 Å². The Kier molecular flexibility index (Phi) is 5.22. The SMILES string of the molecule is C=CCSC1=NC(=Cc2cc([N+](=O)[O-])ccc2Cl)C(=O)S1. The number of non-ortho nitro benzene ring substituents is 1. The molecule has 0 atom stereocenters. The minimum absolute atomic E-state index is 0.0883. The molecule has 0 aromatic heterocycles. The molecular formula is C13H9ClN2O3S2. The fraction of sp³-hybridized carbons (Fsp3) is 0.0769. The van der Waals surface area contributed by atoms with Gasteiger partial charge in [-0.3, -0.25) is 14.9 Å². The van der Waals surface area contributed by atoms with Gasteiger partial charge in [-0.15, -0.1) is 6.58 Å². The van der Waals surface area contributed by atoms with Gasteiger partial charge in [-0.1, -0.05) is 29.4 Å². The van der Waals surface area contributed by atoms with Gasteiger partial charge in [-0.25, -0.2) is 4.99 Å². The van der Waals surface area contributed by atoms with Crippen LogP contribution in [-0.4, -0.2) is 20.2 Å². The molecule has 1 aromatic carbocycles. The van der Waals surface area contributed by atoms with Gasteiger partial charge in [0, 0.05) is 28.5 Å². The molecule has 0 saturated heterocycles. The van der Waals surface area contributed by atoms with E-state index in [1.54, 1.807) is 6.08 Å². The summed E-state index contributed by atoms with van der Waals surface area (Å²) in [6, 6.07) is 4.05. The van der Waals surface area contributed by atoms with Crippen LogP contribution in [-0.2, 0) is 4.79 Å². The number of hydrogen-bond donors (Lipinski definition) is 0. The molecule has 0 spiro atoms. The highest BCUT2D eigenvalue weighted by Crippen LogP contribution is 2.32. The Morgan fingerprint density at radius 2 is 2.29 bits per heavy atom. The molecule has 0 N–H and O–H groups in total. The number of hydrogen-bond acceptors (Lipinski definition) is 6. The number of carbonyl (C=O) groups excluding carboxylic acids is 1. The van der Waals surface area contributed by atoms with E-state index in [-0.39, 0.29) is 16.5 Å². The number of benzene rings is 1. The minimum Gasteiger partial charge on any atom is -0.279 e. The molecule has 8 heteroatoms. The predicted molar refractivity (Wildman–Crippen MR) is 88.8 cm³/mol. The summed E-state index contributed by atoms with van der Waals surface area (Å²) in [5.74, 6) is 0.657. The summed E-state index contributed by atoms with van der Waals surface area (Å²) >= 11 is 8.43. The van der Waals surface area contributed by atoms with Gasteiger partial charge in [0.05, 0.1) is 4.92 Å². The summed E-state index contributed by atoms with van der Waals surface area (Å²) in [4.78, 5) is 26.3. The Labute approximate surface area is 134 Å². The maximum absolute atomic E-state index is 11.8. The first-order valence-corrected chi connectivity index (χ1v) is 7.89. The third-order valence-corrected chi connectivity index (χ3v) is 4.76. The lowest BCUT2D eigenvalue weighted by molar-refractivity contribution is -0.384. The smallest absolute Gasteiger partial charge is 0.270 e. The largest absolute Gasteiger partial charge is 0.279 e. The normalized spacial score (nSPS) is 16.1. The van der Waals surface area contributed by atoms with Gasteiger partial charge >= 0.3 is 0 Å². The lowest BCUT2D eigenvalue weighted by Crippen LogP contribution is -1.91. The first-order valence-electron chi connectivity index (χ1n) is 5.71. The van der Waals surface area contributed by atoms with Gasteiger partial charge in [0.25, 0.3) is 5.69 Å². The highest BCUT2D eigenvalue weighted by Gasteiger charge is 2.22. The molecule has 5 nitrogen and oxygen atoms in total. The van der Waals surface area contributed by atoms with E-state index in [0.717, 1.165) is 11.8 Å². The number of nitro benzene ring substituents is 1. The number of halogens is 1. The summed E-state index contributed by atoms with van der Waals surface area (Å²) < 4.78 is 0.632. The van der Waals surface area contributed by atoms with Crippen LogP contribution in [0, 0.1) is 10.1 Å². The molecule has 0 unspecified atom stereocenters. The molecule has 0 aliphatic carbocycles. The molecule has 0 fully saturated rings. The van der Waals surface area contributed by atoms with E-state index < -0.39 is 4.92 Å². The first kappa shape index (κ1) is 15.8. The van der Waals surface area contributed by atoms with Gasteiger partial charge in [0.15, 0.2) is 0 Å². The fourth-order valence-corrected chi connectivity index (χ4v) is 3.26. The maximum Gasteiger partial charge on any atom is 0.270 e. The van der Waals surface area contributed by atoms with Gasteiger partial charge in [-0.05, 0) is 23.9 Å². The molecule has 1 heterocycles. The van der Waals surface area contributed by atoms with E-state index in [2.05, 4.69) is 11.6 Å². The summed E-state index contributed by atoms with van der Waals surface area (Å²) in [6.45, 7) is 3.60. The minimum atomic E-state index is -0.516. The second kappa shape index (κ2) is 6.93. The molecule has 0 saturated carbocycles. The molecule has 0 bridgehead atoms. The van der Waals surface area contributed by atoms with Crippen molar-refractivity contribution in [2.45, 2.75) is 0 Å². The second-order valence-electron chi connectivity index (χ2n) is 3.86. The molecule has 2 rings (SSSR count). The Hall–Kier alpha value is -1.57. The van der Waals surface area contributed by atoms with Crippen LogP contribution in [0.25, 0.3) is 6.08 Å². The molecule has 108 valence electrons. The van der Waals surface area contributed by atoms with Crippen molar-refractivity contribution in [3.63, 3.8) is 0 Å². The average molecular weight is 341 g/mol. The van der Waals surface area contributed by atoms with Crippen molar-refractivity contribution in [3.05, 3.63) is 57.3 Å². The van der Waals surface area contributed by atoms with E-state index in [1.165, 1.54) is 36.0 Å². The van der Waals surface area contributed by atoms with E-state index in [1.807, 2.05) is 0 Å². The Morgan fingerprint density at radius 3 is 2.95 bits per heavy atom. The Bertz CT molecular complexity index is 686. The van der Waals surface area contributed by atoms with Crippen molar-refractivity contribution in [1.82, 2.24) is 0 Å². The Balaban J connectivity index is 2.32. The predicted octanol–water partition coefficient (Wildman–Crippen LogP) is 4.14. The van der Waals surface area contributed by atoms with Crippen molar-refractivity contribution < 1.29 is 9.72 Å². The standard InChI is InChI=1S/C13H9ClN2O3S2/c1-2-5-20-13-15-11(12(17)21-13)7-8-6-9(16(18)19)3-4-10(8)14/h2-4,6-7H,1,5H2. The van der Waals surface area contributed by atoms with Crippen LogP contribution in [0.5, 0.6) is 0 Å². The first-order chi connectivity index (χ1) is 10.0. The van der Waals surface area contributed by atoms with E-state index in [9.17, 15) is 14.9 Å². The van der Waals surface area contributed by atoms with Crippen molar-refractivity contribution >= 4 is 56.4 Å². The Morgan fingerprint density at radius 1 is 1.52 bits per heavy atom. The highest BCUT2D eigenvalue weighted by molar-refractivity contribution is 8.45. The third-order valence-electron chi connectivity index (χ3n) is 2.41. The van der Waals surface area contributed by atoms with E-state index in [4.69, 9.17) is 11.6 Å². The summed E-state index contributed by atoms with van der Waals surface area (Å²) in [5, 5.41) is 10.9. The lowest BCUT2D eigenvalue weighted by atomic mass is 10.1. The summed E-state index contributed by atoms with van der Waals surface area (Å²) in [6.07, 6.45) is 3.18. The molecule has 0 radical (unpaired) electrons. The van der Waals surface area contributed by atoms with Crippen LogP contribution in [0.4, 0.5) is 5.69 Å². The number of aliphatic imine (C=N–C) groups is 1. The highest BCUT2D eigenvalue weighted by atomic mass is 35.5. The lowest BCUT2D eigenvalue weighted by Gasteiger charge is -1.99. The van der Waals surface area contributed by atoms with Crippen molar-refractivity contribution in [2.75, 3.05) is 5.75 Å². The maximum atomic E-state index is 11.8. The number of nitro groups is 1. The molecule has 21 heavy (non-hydrogen) atoms. The second-order valence-corrected chi connectivity index (χ2v) is 6.50.